The number of halogens is 1. The lowest BCUT2D eigenvalue weighted by Gasteiger charge is -1.99. The number of rotatable bonds is 2. The van der Waals surface area contributed by atoms with Crippen molar-refractivity contribution in [3.63, 3.8) is 0 Å². The third-order valence-electron chi connectivity index (χ3n) is 2.08. The highest BCUT2D eigenvalue weighted by atomic mass is 79.9. The maximum atomic E-state index is 4.30. The first-order chi connectivity index (χ1) is 7.16. The van der Waals surface area contributed by atoms with Crippen molar-refractivity contribution >= 4 is 15.9 Å². The maximum absolute atomic E-state index is 4.30. The van der Waals surface area contributed by atoms with Crippen molar-refractivity contribution in [1.29, 1.82) is 0 Å². The SMILES string of the molecule is CC(C)c1cn(-c2ccc(Br)nn2)cn1. The number of hydrogen-bond donors (Lipinski definition) is 0. The van der Waals surface area contributed by atoms with Gasteiger partial charge in [-0.05, 0) is 34.0 Å². The van der Waals surface area contributed by atoms with E-state index in [0.717, 1.165) is 16.1 Å². The average molecular weight is 267 g/mol. The molecule has 0 aliphatic rings. The molecule has 15 heavy (non-hydrogen) atoms. The van der Waals surface area contributed by atoms with Crippen LogP contribution in [-0.4, -0.2) is 19.7 Å². The molecule has 0 N–H and O–H groups in total. The van der Waals surface area contributed by atoms with Gasteiger partial charge in [-0.1, -0.05) is 13.8 Å². The van der Waals surface area contributed by atoms with E-state index in [1.54, 1.807) is 6.33 Å². The fourth-order valence-electron chi connectivity index (χ4n) is 1.21. The fourth-order valence-corrected chi connectivity index (χ4v) is 1.42. The van der Waals surface area contributed by atoms with E-state index in [4.69, 9.17) is 0 Å². The Bertz CT molecular complexity index is 447. The topological polar surface area (TPSA) is 43.6 Å². The summed E-state index contributed by atoms with van der Waals surface area (Å²) in [6, 6.07) is 3.75. The Balaban J connectivity index is 2.33. The molecular weight excluding hydrogens is 256 g/mol. The summed E-state index contributed by atoms with van der Waals surface area (Å²) in [4.78, 5) is 4.30. The first-order valence-electron chi connectivity index (χ1n) is 4.70. The lowest BCUT2D eigenvalue weighted by Crippen LogP contribution is -1.96. The number of imidazole rings is 1. The van der Waals surface area contributed by atoms with Crippen molar-refractivity contribution in [2.24, 2.45) is 0 Å². The molecule has 0 amide bonds. The van der Waals surface area contributed by atoms with Gasteiger partial charge in [0, 0.05) is 6.20 Å². The summed E-state index contributed by atoms with van der Waals surface area (Å²) >= 11 is 3.25. The Kier molecular flexibility index (Phi) is 2.81. The van der Waals surface area contributed by atoms with E-state index in [2.05, 4.69) is 45.0 Å². The highest BCUT2D eigenvalue weighted by molar-refractivity contribution is 9.10. The lowest BCUT2D eigenvalue weighted by molar-refractivity contribution is 0.830. The monoisotopic (exact) mass is 266 g/mol. The van der Waals surface area contributed by atoms with Crippen molar-refractivity contribution in [3.8, 4) is 5.82 Å². The van der Waals surface area contributed by atoms with Crippen LogP contribution in [0.3, 0.4) is 0 Å². The van der Waals surface area contributed by atoms with E-state index in [0.29, 0.717) is 5.92 Å². The van der Waals surface area contributed by atoms with Gasteiger partial charge in [-0.2, -0.15) is 0 Å². The zero-order valence-corrected chi connectivity index (χ0v) is 10.1. The minimum atomic E-state index is 0.426. The van der Waals surface area contributed by atoms with Crippen molar-refractivity contribution in [2.45, 2.75) is 19.8 Å². The third kappa shape index (κ3) is 2.23. The first kappa shape index (κ1) is 10.3. The van der Waals surface area contributed by atoms with Crippen molar-refractivity contribution in [1.82, 2.24) is 19.7 Å². The molecular formula is C10H11BrN4. The minimum absolute atomic E-state index is 0.426. The van der Waals surface area contributed by atoms with Gasteiger partial charge in [0.05, 0.1) is 5.69 Å². The second-order valence-electron chi connectivity index (χ2n) is 3.57. The number of aromatic nitrogens is 4. The molecule has 0 fully saturated rings. The Labute approximate surface area is 96.5 Å². The summed E-state index contributed by atoms with van der Waals surface area (Å²) in [6.45, 7) is 4.22. The molecule has 0 aromatic carbocycles. The molecule has 2 rings (SSSR count). The molecule has 2 heterocycles. The molecule has 0 atom stereocenters. The van der Waals surface area contributed by atoms with Crippen LogP contribution in [0.2, 0.25) is 0 Å². The zero-order valence-electron chi connectivity index (χ0n) is 8.55. The Hall–Kier alpha value is -1.23. The van der Waals surface area contributed by atoms with Crippen molar-refractivity contribution in [2.75, 3.05) is 0 Å². The highest BCUT2D eigenvalue weighted by Crippen LogP contribution is 2.13. The van der Waals surface area contributed by atoms with Crippen LogP contribution in [0.1, 0.15) is 25.5 Å². The minimum Gasteiger partial charge on any atom is -0.289 e. The van der Waals surface area contributed by atoms with Gasteiger partial charge in [-0.3, -0.25) is 4.57 Å². The molecule has 0 saturated heterocycles. The van der Waals surface area contributed by atoms with Crippen LogP contribution in [0, 0.1) is 0 Å². The van der Waals surface area contributed by atoms with E-state index in [-0.39, 0.29) is 0 Å². The lowest BCUT2D eigenvalue weighted by atomic mass is 10.2. The van der Waals surface area contributed by atoms with E-state index < -0.39 is 0 Å². The van der Waals surface area contributed by atoms with Gasteiger partial charge in [0.15, 0.2) is 5.82 Å². The molecule has 78 valence electrons. The van der Waals surface area contributed by atoms with Crippen LogP contribution < -0.4 is 0 Å². The second-order valence-corrected chi connectivity index (χ2v) is 4.39. The van der Waals surface area contributed by atoms with Crippen molar-refractivity contribution < 1.29 is 0 Å². The summed E-state index contributed by atoms with van der Waals surface area (Å²) in [6.07, 6.45) is 3.73. The van der Waals surface area contributed by atoms with E-state index in [1.807, 2.05) is 22.9 Å². The largest absolute Gasteiger partial charge is 0.289 e. The molecule has 4 nitrogen and oxygen atoms in total. The van der Waals surface area contributed by atoms with E-state index >= 15 is 0 Å². The Morgan fingerprint density at radius 3 is 2.60 bits per heavy atom. The van der Waals surface area contributed by atoms with E-state index in [9.17, 15) is 0 Å². The molecule has 0 aliphatic carbocycles. The molecule has 0 saturated carbocycles. The van der Waals surface area contributed by atoms with Gasteiger partial charge in [0.1, 0.15) is 10.9 Å². The summed E-state index contributed by atoms with van der Waals surface area (Å²) in [7, 11) is 0. The van der Waals surface area contributed by atoms with Crippen LogP contribution in [0.4, 0.5) is 0 Å². The summed E-state index contributed by atoms with van der Waals surface area (Å²) in [5.74, 6) is 1.20. The van der Waals surface area contributed by atoms with Gasteiger partial charge in [0.2, 0.25) is 0 Å². The average Bonchev–Trinajstić information content (AvgIpc) is 2.68. The van der Waals surface area contributed by atoms with Crippen LogP contribution in [0.15, 0.2) is 29.3 Å². The normalized spacial score (nSPS) is 10.9. The molecule has 5 heteroatoms. The standard InChI is InChI=1S/C10H11BrN4/c1-7(2)8-5-15(6-12-8)10-4-3-9(11)13-14-10/h3-7H,1-2H3. The quantitative estimate of drug-likeness (QED) is 0.839. The van der Waals surface area contributed by atoms with Gasteiger partial charge < -0.3 is 0 Å². The first-order valence-corrected chi connectivity index (χ1v) is 5.49. The summed E-state index contributed by atoms with van der Waals surface area (Å²) in [5, 5.41) is 7.97. The maximum Gasteiger partial charge on any atom is 0.160 e. The third-order valence-corrected chi connectivity index (χ3v) is 2.50. The Morgan fingerprint density at radius 2 is 2.07 bits per heavy atom. The molecule has 0 unspecified atom stereocenters. The zero-order chi connectivity index (χ0) is 10.8. The predicted molar refractivity (Wildman–Crippen MR) is 60.9 cm³/mol. The van der Waals surface area contributed by atoms with Crippen LogP contribution in [-0.2, 0) is 0 Å². The summed E-state index contributed by atoms with van der Waals surface area (Å²) in [5.41, 5.74) is 1.06. The second kappa shape index (κ2) is 4.10. The van der Waals surface area contributed by atoms with Crippen LogP contribution >= 0.6 is 15.9 Å². The molecule has 0 bridgehead atoms. The van der Waals surface area contributed by atoms with Gasteiger partial charge >= 0.3 is 0 Å². The molecule has 0 radical (unpaired) electrons. The van der Waals surface area contributed by atoms with Gasteiger partial charge in [-0.15, -0.1) is 10.2 Å². The highest BCUT2D eigenvalue weighted by Gasteiger charge is 2.05. The summed E-state index contributed by atoms with van der Waals surface area (Å²) < 4.78 is 2.60. The molecule has 2 aromatic rings. The van der Waals surface area contributed by atoms with Crippen LogP contribution in [0.5, 0.6) is 0 Å². The smallest absolute Gasteiger partial charge is 0.160 e. The van der Waals surface area contributed by atoms with E-state index in [1.165, 1.54) is 0 Å². The molecule has 0 spiro atoms. The van der Waals surface area contributed by atoms with Crippen LogP contribution in [0.25, 0.3) is 5.82 Å². The van der Waals surface area contributed by atoms with Crippen molar-refractivity contribution in [3.05, 3.63) is 35.0 Å². The molecule has 2 aromatic heterocycles. The van der Waals surface area contributed by atoms with Gasteiger partial charge in [-0.25, -0.2) is 4.98 Å². The number of nitrogens with zero attached hydrogens (tertiary/aromatic N) is 4. The molecule has 0 aliphatic heterocycles. The fraction of sp³-hybridized carbons (Fsp3) is 0.300. The predicted octanol–water partition coefficient (Wildman–Crippen LogP) is 2.55. The Morgan fingerprint density at radius 1 is 1.27 bits per heavy atom. The van der Waals surface area contributed by atoms with Gasteiger partial charge in [0.25, 0.3) is 0 Å². The number of hydrogen-bond acceptors (Lipinski definition) is 3.